The quantitative estimate of drug-likeness (QED) is 0.792. The van der Waals surface area contributed by atoms with E-state index in [2.05, 4.69) is 57.9 Å². The van der Waals surface area contributed by atoms with E-state index in [1.807, 2.05) is 12.1 Å². The largest absolute Gasteiger partial charge is 0.325 e. The summed E-state index contributed by atoms with van der Waals surface area (Å²) in [6.45, 7) is 4.98. The number of hydrogen-bond acceptors (Lipinski definition) is 2. The first kappa shape index (κ1) is 13.4. The molecule has 0 bridgehead atoms. The highest BCUT2D eigenvalue weighted by atomic mass is 79.9. The van der Waals surface area contributed by atoms with Gasteiger partial charge in [-0.2, -0.15) is 0 Å². The Balaban J connectivity index is 2.45. The standard InChI is InChI=1S/C14H14BrClN2/c1-3-18(12-6-4-5-10(2)7-12)14-13(16)8-11(15)9-17-14/h4-9H,3H2,1-2H3. The molecule has 0 aliphatic carbocycles. The molecular formula is C14H14BrClN2. The van der Waals surface area contributed by atoms with Gasteiger partial charge in [0, 0.05) is 22.9 Å². The zero-order chi connectivity index (χ0) is 13.1. The van der Waals surface area contributed by atoms with Crippen molar-refractivity contribution in [2.75, 3.05) is 11.4 Å². The fourth-order valence-electron chi connectivity index (χ4n) is 1.86. The fourth-order valence-corrected chi connectivity index (χ4v) is 2.59. The van der Waals surface area contributed by atoms with Crippen LogP contribution in [0.1, 0.15) is 12.5 Å². The van der Waals surface area contributed by atoms with E-state index < -0.39 is 0 Å². The van der Waals surface area contributed by atoms with Crippen molar-refractivity contribution in [2.45, 2.75) is 13.8 Å². The molecule has 0 saturated carbocycles. The minimum absolute atomic E-state index is 0.646. The molecule has 0 N–H and O–H groups in total. The van der Waals surface area contributed by atoms with E-state index in [9.17, 15) is 0 Å². The number of pyridine rings is 1. The summed E-state index contributed by atoms with van der Waals surface area (Å²) < 4.78 is 0.886. The van der Waals surface area contributed by atoms with Crippen LogP contribution in [0, 0.1) is 6.92 Å². The lowest BCUT2D eigenvalue weighted by Crippen LogP contribution is -2.17. The van der Waals surface area contributed by atoms with Crippen molar-refractivity contribution in [3.63, 3.8) is 0 Å². The van der Waals surface area contributed by atoms with Gasteiger partial charge >= 0.3 is 0 Å². The summed E-state index contributed by atoms with van der Waals surface area (Å²) in [6, 6.07) is 10.2. The third-order valence-electron chi connectivity index (χ3n) is 2.67. The summed E-state index contributed by atoms with van der Waals surface area (Å²) in [6.07, 6.45) is 1.76. The molecule has 0 amide bonds. The number of rotatable bonds is 3. The van der Waals surface area contributed by atoms with Gasteiger partial charge in [0.2, 0.25) is 0 Å². The third-order valence-corrected chi connectivity index (χ3v) is 3.39. The number of benzene rings is 1. The molecule has 1 heterocycles. The van der Waals surface area contributed by atoms with Gasteiger partial charge in [0.15, 0.2) is 5.82 Å². The monoisotopic (exact) mass is 324 g/mol. The molecule has 2 rings (SSSR count). The molecule has 0 aliphatic heterocycles. The number of nitrogens with zero attached hydrogens (tertiary/aromatic N) is 2. The Morgan fingerprint density at radius 1 is 1.33 bits per heavy atom. The molecule has 18 heavy (non-hydrogen) atoms. The highest BCUT2D eigenvalue weighted by Gasteiger charge is 2.12. The Morgan fingerprint density at radius 3 is 2.72 bits per heavy atom. The van der Waals surface area contributed by atoms with Gasteiger partial charge < -0.3 is 4.90 Å². The van der Waals surface area contributed by atoms with Crippen molar-refractivity contribution in [1.29, 1.82) is 0 Å². The van der Waals surface area contributed by atoms with E-state index in [0.29, 0.717) is 5.02 Å². The predicted molar refractivity (Wildman–Crippen MR) is 80.8 cm³/mol. The average Bonchev–Trinajstić information content (AvgIpc) is 2.33. The van der Waals surface area contributed by atoms with Crippen LogP contribution in [0.2, 0.25) is 5.02 Å². The lowest BCUT2D eigenvalue weighted by atomic mass is 10.2. The van der Waals surface area contributed by atoms with Crippen LogP contribution >= 0.6 is 27.5 Å². The highest BCUT2D eigenvalue weighted by Crippen LogP contribution is 2.31. The predicted octanol–water partition coefficient (Wildman–Crippen LogP) is 4.96. The SMILES string of the molecule is CCN(c1cccc(C)c1)c1ncc(Br)cc1Cl. The molecule has 2 nitrogen and oxygen atoms in total. The maximum atomic E-state index is 6.26. The second kappa shape index (κ2) is 5.72. The molecule has 0 atom stereocenters. The number of halogens is 2. The Hall–Kier alpha value is -1.06. The molecule has 0 spiro atoms. The van der Waals surface area contributed by atoms with Gasteiger partial charge in [0.25, 0.3) is 0 Å². The molecule has 0 fully saturated rings. The summed E-state index contributed by atoms with van der Waals surface area (Å²) in [4.78, 5) is 6.50. The first-order valence-corrected chi connectivity index (χ1v) is 6.94. The molecule has 2 aromatic rings. The smallest absolute Gasteiger partial charge is 0.151 e. The van der Waals surface area contributed by atoms with Crippen LogP contribution in [0.25, 0.3) is 0 Å². The van der Waals surface area contributed by atoms with Crippen molar-refractivity contribution in [3.05, 3.63) is 51.6 Å². The first-order valence-electron chi connectivity index (χ1n) is 5.77. The van der Waals surface area contributed by atoms with E-state index in [-0.39, 0.29) is 0 Å². The van der Waals surface area contributed by atoms with Gasteiger partial charge in [-0.1, -0.05) is 23.7 Å². The third kappa shape index (κ3) is 2.85. The van der Waals surface area contributed by atoms with Crippen LogP contribution in [0.5, 0.6) is 0 Å². The van der Waals surface area contributed by atoms with E-state index >= 15 is 0 Å². The van der Waals surface area contributed by atoms with E-state index in [1.165, 1.54) is 5.56 Å². The number of anilines is 2. The Morgan fingerprint density at radius 2 is 2.11 bits per heavy atom. The molecule has 0 saturated heterocycles. The topological polar surface area (TPSA) is 16.1 Å². The summed E-state index contributed by atoms with van der Waals surface area (Å²) in [7, 11) is 0. The highest BCUT2D eigenvalue weighted by molar-refractivity contribution is 9.10. The van der Waals surface area contributed by atoms with Gasteiger partial charge in [0.1, 0.15) is 0 Å². The lowest BCUT2D eigenvalue weighted by Gasteiger charge is -2.23. The Bertz CT molecular complexity index is 557. The maximum absolute atomic E-state index is 6.26. The maximum Gasteiger partial charge on any atom is 0.151 e. The second-order valence-corrected chi connectivity index (χ2v) is 5.37. The van der Waals surface area contributed by atoms with Crippen molar-refractivity contribution in [1.82, 2.24) is 4.98 Å². The van der Waals surface area contributed by atoms with Crippen LogP contribution in [-0.2, 0) is 0 Å². The van der Waals surface area contributed by atoms with Crippen molar-refractivity contribution in [2.24, 2.45) is 0 Å². The Kier molecular flexibility index (Phi) is 4.25. The minimum atomic E-state index is 0.646. The van der Waals surface area contributed by atoms with E-state index in [1.54, 1.807) is 6.20 Å². The normalized spacial score (nSPS) is 10.4. The molecule has 1 aromatic carbocycles. The van der Waals surface area contributed by atoms with Crippen LogP contribution in [0.4, 0.5) is 11.5 Å². The van der Waals surface area contributed by atoms with E-state index in [4.69, 9.17) is 11.6 Å². The number of aromatic nitrogens is 1. The molecule has 0 aliphatic rings. The summed E-state index contributed by atoms with van der Waals surface area (Å²) in [5.41, 5.74) is 2.33. The fraction of sp³-hybridized carbons (Fsp3) is 0.214. The van der Waals surface area contributed by atoms with Gasteiger partial charge in [-0.25, -0.2) is 4.98 Å². The van der Waals surface area contributed by atoms with Crippen molar-refractivity contribution >= 4 is 39.0 Å². The molecule has 0 unspecified atom stereocenters. The average molecular weight is 326 g/mol. The minimum Gasteiger partial charge on any atom is -0.325 e. The van der Waals surface area contributed by atoms with Gasteiger partial charge in [-0.3, -0.25) is 0 Å². The molecule has 1 aromatic heterocycles. The van der Waals surface area contributed by atoms with Gasteiger partial charge in [-0.05, 0) is 53.5 Å². The van der Waals surface area contributed by atoms with Crippen LogP contribution < -0.4 is 4.90 Å². The van der Waals surface area contributed by atoms with Gasteiger partial charge in [0.05, 0.1) is 5.02 Å². The number of hydrogen-bond donors (Lipinski definition) is 0. The van der Waals surface area contributed by atoms with Crippen molar-refractivity contribution < 1.29 is 0 Å². The van der Waals surface area contributed by atoms with Gasteiger partial charge in [-0.15, -0.1) is 0 Å². The second-order valence-electron chi connectivity index (χ2n) is 4.04. The summed E-state index contributed by atoms with van der Waals surface area (Å²) in [5.74, 6) is 0.785. The zero-order valence-electron chi connectivity index (χ0n) is 10.3. The van der Waals surface area contributed by atoms with Crippen LogP contribution in [0.3, 0.4) is 0 Å². The summed E-state index contributed by atoms with van der Waals surface area (Å²) >= 11 is 9.63. The van der Waals surface area contributed by atoms with Crippen LogP contribution in [0.15, 0.2) is 41.0 Å². The van der Waals surface area contributed by atoms with E-state index in [0.717, 1.165) is 22.5 Å². The van der Waals surface area contributed by atoms with Crippen LogP contribution in [-0.4, -0.2) is 11.5 Å². The molecular weight excluding hydrogens is 312 g/mol. The molecule has 94 valence electrons. The Labute approximate surface area is 121 Å². The first-order chi connectivity index (χ1) is 8.61. The summed E-state index contributed by atoms with van der Waals surface area (Å²) in [5, 5.41) is 0.646. The zero-order valence-corrected chi connectivity index (χ0v) is 12.7. The molecule has 4 heteroatoms. The molecule has 0 radical (unpaired) electrons. The van der Waals surface area contributed by atoms with Crippen molar-refractivity contribution in [3.8, 4) is 0 Å². The number of aryl methyl sites for hydroxylation is 1. The lowest BCUT2D eigenvalue weighted by molar-refractivity contribution is 0.987.